The van der Waals surface area contributed by atoms with Gasteiger partial charge in [-0.3, -0.25) is 4.79 Å². The summed E-state index contributed by atoms with van der Waals surface area (Å²) in [6, 6.07) is 20.1. The fourth-order valence-corrected chi connectivity index (χ4v) is 4.01. The highest BCUT2D eigenvalue weighted by atomic mass is 32.2. The van der Waals surface area contributed by atoms with Crippen molar-refractivity contribution < 1.29 is 13.2 Å². The molecule has 0 bridgehead atoms. The number of fused-ring (bicyclic) bond motifs is 1. The van der Waals surface area contributed by atoms with Crippen LogP contribution in [0.15, 0.2) is 71.6 Å². The number of sulfone groups is 1. The lowest BCUT2D eigenvalue weighted by molar-refractivity contribution is 0.0936. The molecule has 0 aromatic heterocycles. The standard InChI is InChI=1S/C21H21NO3S/c1-3-26(24,25)20-11-7-6-10-19(20)21(23)22-15(2)17-13-12-16-8-4-5-9-18(16)14-17/h4-15H,3H2,1-2H3,(H,22,23)/t15-/m1/s1. The van der Waals surface area contributed by atoms with Crippen LogP contribution in [-0.2, 0) is 9.84 Å². The number of carbonyl (C=O) groups excluding carboxylic acids is 1. The van der Waals surface area contributed by atoms with Crippen molar-refractivity contribution in [1.29, 1.82) is 0 Å². The van der Waals surface area contributed by atoms with Gasteiger partial charge in [0.05, 0.1) is 22.3 Å². The molecule has 3 rings (SSSR count). The Balaban J connectivity index is 1.88. The molecule has 0 fully saturated rings. The summed E-state index contributed by atoms with van der Waals surface area (Å²) in [6.07, 6.45) is 0. The van der Waals surface area contributed by atoms with E-state index in [9.17, 15) is 13.2 Å². The molecule has 1 amide bonds. The summed E-state index contributed by atoms with van der Waals surface area (Å²) in [5.74, 6) is -0.435. The Morgan fingerprint density at radius 2 is 1.62 bits per heavy atom. The topological polar surface area (TPSA) is 63.2 Å². The molecule has 1 N–H and O–H groups in total. The highest BCUT2D eigenvalue weighted by Crippen LogP contribution is 2.22. The van der Waals surface area contributed by atoms with Crippen LogP contribution in [0.1, 0.15) is 35.8 Å². The van der Waals surface area contributed by atoms with Crippen molar-refractivity contribution in [2.75, 3.05) is 5.75 Å². The zero-order valence-corrected chi connectivity index (χ0v) is 15.6. The average molecular weight is 367 g/mol. The smallest absolute Gasteiger partial charge is 0.253 e. The van der Waals surface area contributed by atoms with Crippen LogP contribution in [0, 0.1) is 0 Å². The molecule has 0 radical (unpaired) electrons. The minimum atomic E-state index is -3.46. The molecule has 5 heteroatoms. The molecule has 3 aromatic carbocycles. The lowest BCUT2D eigenvalue weighted by Gasteiger charge is -2.16. The molecule has 0 spiro atoms. The van der Waals surface area contributed by atoms with Gasteiger partial charge in [0.2, 0.25) is 0 Å². The number of nitrogens with one attached hydrogen (secondary N) is 1. The summed E-state index contributed by atoms with van der Waals surface area (Å²) in [6.45, 7) is 3.46. The second-order valence-corrected chi connectivity index (χ2v) is 8.45. The highest BCUT2D eigenvalue weighted by molar-refractivity contribution is 7.91. The summed E-state index contributed by atoms with van der Waals surface area (Å²) >= 11 is 0. The first-order valence-corrected chi connectivity index (χ1v) is 10.2. The van der Waals surface area contributed by atoms with Crippen molar-refractivity contribution in [3.8, 4) is 0 Å². The molecule has 1 atom stereocenters. The second-order valence-electron chi connectivity index (χ2n) is 6.20. The van der Waals surface area contributed by atoms with Crippen LogP contribution >= 0.6 is 0 Å². The van der Waals surface area contributed by atoms with Gasteiger partial charge in [-0.1, -0.05) is 55.5 Å². The lowest BCUT2D eigenvalue weighted by Crippen LogP contribution is -2.28. The molecule has 26 heavy (non-hydrogen) atoms. The SMILES string of the molecule is CCS(=O)(=O)c1ccccc1C(=O)N[C@H](C)c1ccc2ccccc2c1. The van der Waals surface area contributed by atoms with Crippen molar-refractivity contribution in [2.45, 2.75) is 24.8 Å². The third kappa shape index (κ3) is 3.63. The molecular formula is C21H21NO3S. The first-order valence-electron chi connectivity index (χ1n) is 8.53. The van der Waals surface area contributed by atoms with E-state index in [1.807, 2.05) is 49.4 Å². The van der Waals surface area contributed by atoms with Gasteiger partial charge < -0.3 is 5.32 Å². The van der Waals surface area contributed by atoms with Crippen LogP contribution in [0.3, 0.4) is 0 Å². The molecule has 0 heterocycles. The molecule has 3 aromatic rings. The van der Waals surface area contributed by atoms with Gasteiger partial charge in [0.25, 0.3) is 5.91 Å². The fraction of sp³-hybridized carbons (Fsp3) is 0.190. The minimum absolute atomic E-state index is 0.0441. The monoisotopic (exact) mass is 367 g/mol. The van der Waals surface area contributed by atoms with Crippen molar-refractivity contribution in [3.05, 3.63) is 77.9 Å². The second kappa shape index (κ2) is 7.30. The molecule has 0 saturated heterocycles. The van der Waals surface area contributed by atoms with Gasteiger partial charge in [-0.2, -0.15) is 0 Å². The van der Waals surface area contributed by atoms with Crippen LogP contribution in [0.25, 0.3) is 10.8 Å². The molecule has 0 saturated carbocycles. The van der Waals surface area contributed by atoms with Gasteiger partial charge in [-0.05, 0) is 41.5 Å². The summed E-state index contributed by atoms with van der Waals surface area (Å²) < 4.78 is 24.5. The van der Waals surface area contributed by atoms with Gasteiger partial charge in [0.15, 0.2) is 9.84 Å². The Hall–Kier alpha value is -2.66. The fourth-order valence-electron chi connectivity index (χ4n) is 2.92. The Bertz CT molecular complexity index is 1060. The van der Waals surface area contributed by atoms with E-state index < -0.39 is 15.7 Å². The van der Waals surface area contributed by atoms with E-state index in [-0.39, 0.29) is 22.3 Å². The lowest BCUT2D eigenvalue weighted by atomic mass is 10.0. The van der Waals surface area contributed by atoms with Crippen molar-refractivity contribution >= 4 is 26.5 Å². The van der Waals surface area contributed by atoms with E-state index in [0.717, 1.165) is 16.3 Å². The molecule has 0 unspecified atom stereocenters. The maximum Gasteiger partial charge on any atom is 0.253 e. The van der Waals surface area contributed by atoms with Gasteiger partial charge >= 0.3 is 0 Å². The molecular weight excluding hydrogens is 346 g/mol. The number of rotatable bonds is 5. The van der Waals surface area contributed by atoms with Crippen LogP contribution in [0.5, 0.6) is 0 Å². The van der Waals surface area contributed by atoms with E-state index in [2.05, 4.69) is 5.32 Å². The Labute approximate surface area is 153 Å². The predicted molar refractivity (Wildman–Crippen MR) is 104 cm³/mol. The van der Waals surface area contributed by atoms with E-state index in [1.54, 1.807) is 25.1 Å². The third-order valence-corrected chi connectivity index (χ3v) is 6.25. The van der Waals surface area contributed by atoms with Gasteiger partial charge in [0, 0.05) is 0 Å². The number of hydrogen-bond donors (Lipinski definition) is 1. The highest BCUT2D eigenvalue weighted by Gasteiger charge is 2.21. The number of amides is 1. The van der Waals surface area contributed by atoms with Crippen molar-refractivity contribution in [1.82, 2.24) is 5.32 Å². The molecule has 4 nitrogen and oxygen atoms in total. The van der Waals surface area contributed by atoms with E-state index in [4.69, 9.17) is 0 Å². The van der Waals surface area contributed by atoms with E-state index in [0.29, 0.717) is 0 Å². The van der Waals surface area contributed by atoms with E-state index in [1.165, 1.54) is 6.07 Å². The van der Waals surface area contributed by atoms with Crippen LogP contribution in [0.2, 0.25) is 0 Å². The quantitative estimate of drug-likeness (QED) is 0.738. The maximum atomic E-state index is 12.7. The summed E-state index contributed by atoms with van der Waals surface area (Å²) in [5, 5.41) is 5.14. The van der Waals surface area contributed by atoms with Gasteiger partial charge in [0.1, 0.15) is 0 Å². The summed E-state index contributed by atoms with van der Waals surface area (Å²) in [5.41, 5.74) is 1.15. The summed E-state index contributed by atoms with van der Waals surface area (Å²) in [7, 11) is -3.46. The number of carbonyl (C=O) groups is 1. The molecule has 0 aliphatic rings. The minimum Gasteiger partial charge on any atom is -0.345 e. The van der Waals surface area contributed by atoms with Crippen LogP contribution < -0.4 is 5.32 Å². The van der Waals surface area contributed by atoms with Gasteiger partial charge in [-0.25, -0.2) is 8.42 Å². The van der Waals surface area contributed by atoms with Gasteiger partial charge in [-0.15, -0.1) is 0 Å². The Morgan fingerprint density at radius 1 is 0.962 bits per heavy atom. The first-order chi connectivity index (χ1) is 12.4. The number of hydrogen-bond acceptors (Lipinski definition) is 3. The Morgan fingerprint density at radius 3 is 2.35 bits per heavy atom. The Kier molecular flexibility index (Phi) is 5.09. The zero-order chi connectivity index (χ0) is 18.7. The maximum absolute atomic E-state index is 12.7. The molecule has 0 aliphatic carbocycles. The van der Waals surface area contributed by atoms with Crippen molar-refractivity contribution in [2.24, 2.45) is 0 Å². The van der Waals surface area contributed by atoms with Crippen LogP contribution in [-0.4, -0.2) is 20.1 Å². The first kappa shape index (κ1) is 18.1. The van der Waals surface area contributed by atoms with E-state index >= 15 is 0 Å². The summed E-state index contributed by atoms with van der Waals surface area (Å²) in [4.78, 5) is 12.8. The zero-order valence-electron chi connectivity index (χ0n) is 14.8. The third-order valence-electron chi connectivity index (χ3n) is 4.47. The average Bonchev–Trinajstić information content (AvgIpc) is 2.67. The largest absolute Gasteiger partial charge is 0.345 e. The normalized spacial score (nSPS) is 12.7. The van der Waals surface area contributed by atoms with Crippen molar-refractivity contribution in [3.63, 3.8) is 0 Å². The molecule has 134 valence electrons. The number of benzene rings is 3. The predicted octanol–water partition coefficient (Wildman–Crippen LogP) is 4.12. The molecule has 0 aliphatic heterocycles. The van der Waals surface area contributed by atoms with Crippen LogP contribution in [0.4, 0.5) is 0 Å².